The Morgan fingerprint density at radius 1 is 0.875 bits per heavy atom. The van der Waals surface area contributed by atoms with Crippen LogP contribution in [0.4, 0.5) is 17.3 Å². The molecule has 11 heteroatoms. The third kappa shape index (κ3) is 4.56. The number of anilines is 3. The largest absolute Gasteiger partial charge is 0.506 e. The second-order valence-electron chi connectivity index (χ2n) is 9.78. The fourth-order valence-corrected chi connectivity index (χ4v) is 4.97. The van der Waals surface area contributed by atoms with Gasteiger partial charge in [-0.2, -0.15) is 4.98 Å². The average molecular weight is 537 g/mol. The molecule has 0 amide bonds. The van der Waals surface area contributed by atoms with Crippen LogP contribution in [-0.4, -0.2) is 67.3 Å². The predicted molar refractivity (Wildman–Crippen MR) is 154 cm³/mol. The standard InChI is InChI=1S/C29H28N8O3/c1-19-17-20(10-11-22(19)35-15-13-34(2)14-16-35)32-28-31-18-21-26(33-28)37(25-9-5-6-12-30-25)29(40)36(27(21)39)23-7-3-4-8-24(23)38/h3-12,17-18,38H,13-16H2,1-2H3,(H,31,32,33). The van der Waals surface area contributed by atoms with Crippen LogP contribution in [0, 0.1) is 6.92 Å². The Morgan fingerprint density at radius 2 is 1.65 bits per heavy atom. The molecule has 1 fully saturated rings. The maximum absolute atomic E-state index is 13.8. The van der Waals surface area contributed by atoms with Crippen molar-refractivity contribution in [3.8, 4) is 17.3 Å². The Morgan fingerprint density at radius 3 is 2.38 bits per heavy atom. The quantitative estimate of drug-likeness (QED) is 0.349. The number of phenolic OH excluding ortho intramolecular Hbond substituents is 1. The van der Waals surface area contributed by atoms with E-state index in [0.29, 0.717) is 0 Å². The van der Waals surface area contributed by atoms with E-state index in [-0.39, 0.29) is 34.2 Å². The number of para-hydroxylation sites is 2. The highest BCUT2D eigenvalue weighted by atomic mass is 16.3. The molecule has 0 radical (unpaired) electrons. The van der Waals surface area contributed by atoms with Crippen molar-refractivity contribution in [2.45, 2.75) is 6.92 Å². The summed E-state index contributed by atoms with van der Waals surface area (Å²) in [5.74, 6) is 0.296. The molecule has 0 spiro atoms. The van der Waals surface area contributed by atoms with Crippen LogP contribution in [0.1, 0.15) is 5.56 Å². The number of aryl methyl sites for hydroxylation is 1. The molecule has 6 rings (SSSR count). The summed E-state index contributed by atoms with van der Waals surface area (Å²) < 4.78 is 2.15. The minimum absolute atomic E-state index is 0.0576. The Balaban J connectivity index is 1.44. The lowest BCUT2D eigenvalue weighted by Gasteiger charge is -2.35. The maximum atomic E-state index is 13.8. The molecule has 40 heavy (non-hydrogen) atoms. The smallest absolute Gasteiger partial charge is 0.343 e. The summed E-state index contributed by atoms with van der Waals surface area (Å²) in [4.78, 5) is 45.3. The van der Waals surface area contributed by atoms with Gasteiger partial charge in [-0.05, 0) is 62.0 Å². The van der Waals surface area contributed by atoms with Gasteiger partial charge in [-0.1, -0.05) is 18.2 Å². The number of fused-ring (bicyclic) bond motifs is 1. The monoisotopic (exact) mass is 536 g/mol. The van der Waals surface area contributed by atoms with Gasteiger partial charge in [0, 0.05) is 49.9 Å². The summed E-state index contributed by atoms with van der Waals surface area (Å²) in [7, 11) is 2.13. The first-order valence-corrected chi connectivity index (χ1v) is 13.0. The number of hydrogen-bond acceptors (Lipinski definition) is 9. The van der Waals surface area contributed by atoms with Crippen molar-refractivity contribution in [1.29, 1.82) is 0 Å². The van der Waals surface area contributed by atoms with Crippen LogP contribution >= 0.6 is 0 Å². The van der Waals surface area contributed by atoms with E-state index in [1.807, 2.05) is 12.1 Å². The van der Waals surface area contributed by atoms with Crippen molar-refractivity contribution >= 4 is 28.4 Å². The molecule has 2 N–H and O–H groups in total. The first kappa shape index (κ1) is 25.3. The zero-order valence-electron chi connectivity index (χ0n) is 22.2. The van der Waals surface area contributed by atoms with Crippen LogP contribution in [0.25, 0.3) is 22.5 Å². The van der Waals surface area contributed by atoms with Gasteiger partial charge < -0.3 is 20.2 Å². The molecule has 3 aromatic heterocycles. The molecular formula is C29H28N8O3. The van der Waals surface area contributed by atoms with E-state index in [1.54, 1.807) is 36.5 Å². The van der Waals surface area contributed by atoms with Gasteiger partial charge >= 0.3 is 5.69 Å². The minimum Gasteiger partial charge on any atom is -0.506 e. The molecule has 4 heterocycles. The Labute approximate surface area is 229 Å². The third-order valence-electron chi connectivity index (χ3n) is 7.09. The molecule has 2 aromatic carbocycles. The second kappa shape index (κ2) is 10.3. The lowest BCUT2D eigenvalue weighted by Crippen LogP contribution is -2.44. The molecule has 1 aliphatic rings. The number of benzene rings is 2. The molecule has 11 nitrogen and oxygen atoms in total. The third-order valence-corrected chi connectivity index (χ3v) is 7.09. The van der Waals surface area contributed by atoms with E-state index >= 15 is 0 Å². The average Bonchev–Trinajstić information content (AvgIpc) is 2.95. The van der Waals surface area contributed by atoms with E-state index in [0.717, 1.165) is 42.0 Å². The maximum Gasteiger partial charge on any atom is 0.343 e. The van der Waals surface area contributed by atoms with Crippen LogP contribution < -0.4 is 21.5 Å². The van der Waals surface area contributed by atoms with Gasteiger partial charge in [-0.3, -0.25) is 4.79 Å². The molecule has 1 aliphatic heterocycles. The number of aromatic nitrogens is 5. The predicted octanol–water partition coefficient (Wildman–Crippen LogP) is 2.84. The van der Waals surface area contributed by atoms with Gasteiger partial charge in [-0.15, -0.1) is 0 Å². The van der Waals surface area contributed by atoms with Gasteiger partial charge in [0.1, 0.15) is 17.0 Å². The van der Waals surface area contributed by atoms with E-state index in [9.17, 15) is 14.7 Å². The van der Waals surface area contributed by atoms with Gasteiger partial charge in [-0.25, -0.2) is 23.9 Å². The number of hydrogen-bond donors (Lipinski definition) is 2. The minimum atomic E-state index is -0.713. The molecule has 1 saturated heterocycles. The Hall–Kier alpha value is -5.03. The SMILES string of the molecule is Cc1cc(Nc2ncc3c(=O)n(-c4ccccc4O)c(=O)n(-c4ccccn4)c3n2)ccc1N1CCN(C)CC1. The molecule has 0 unspecified atom stereocenters. The van der Waals surface area contributed by atoms with E-state index in [2.05, 4.69) is 50.1 Å². The second-order valence-corrected chi connectivity index (χ2v) is 9.78. The van der Waals surface area contributed by atoms with Gasteiger partial charge in [0.05, 0.1) is 5.69 Å². The van der Waals surface area contributed by atoms with Crippen molar-refractivity contribution in [1.82, 2.24) is 29.0 Å². The topological polar surface area (TPSA) is 121 Å². The normalized spacial score (nSPS) is 14.0. The summed E-state index contributed by atoms with van der Waals surface area (Å²) in [6.45, 7) is 6.06. The molecule has 5 aromatic rings. The lowest BCUT2D eigenvalue weighted by atomic mass is 10.1. The van der Waals surface area contributed by atoms with Crippen LogP contribution in [-0.2, 0) is 0 Å². The molecule has 202 valence electrons. The van der Waals surface area contributed by atoms with Crippen molar-refractivity contribution in [2.24, 2.45) is 0 Å². The number of nitrogens with zero attached hydrogens (tertiary/aromatic N) is 7. The number of piperazine rings is 1. The van der Waals surface area contributed by atoms with Crippen LogP contribution in [0.15, 0.2) is 82.6 Å². The lowest BCUT2D eigenvalue weighted by molar-refractivity contribution is 0.312. The fourth-order valence-electron chi connectivity index (χ4n) is 4.97. The molecule has 0 atom stereocenters. The number of pyridine rings is 1. The fraction of sp³-hybridized carbons (Fsp3) is 0.207. The van der Waals surface area contributed by atoms with Crippen LogP contribution in [0.3, 0.4) is 0 Å². The van der Waals surface area contributed by atoms with Gasteiger partial charge in [0.2, 0.25) is 5.95 Å². The van der Waals surface area contributed by atoms with Gasteiger partial charge in [0.25, 0.3) is 5.56 Å². The zero-order chi connectivity index (χ0) is 27.8. The summed E-state index contributed by atoms with van der Waals surface area (Å²) in [5, 5.41) is 13.7. The zero-order valence-corrected chi connectivity index (χ0v) is 22.2. The number of rotatable bonds is 5. The number of aromatic hydroxyl groups is 1. The summed E-state index contributed by atoms with van der Waals surface area (Å²) in [5.41, 5.74) is 1.88. The molecule has 0 bridgehead atoms. The van der Waals surface area contributed by atoms with Crippen molar-refractivity contribution in [2.75, 3.05) is 43.4 Å². The molecule has 0 saturated carbocycles. The van der Waals surface area contributed by atoms with Crippen LogP contribution in [0.2, 0.25) is 0 Å². The Kier molecular flexibility index (Phi) is 6.48. The number of phenols is 1. The summed E-state index contributed by atoms with van der Waals surface area (Å²) >= 11 is 0. The number of nitrogens with one attached hydrogen (secondary N) is 1. The molecule has 0 aliphatic carbocycles. The van der Waals surface area contributed by atoms with Crippen LogP contribution in [0.5, 0.6) is 5.75 Å². The molecular weight excluding hydrogens is 508 g/mol. The first-order valence-electron chi connectivity index (χ1n) is 13.0. The number of likely N-dealkylation sites (N-methyl/N-ethyl adjacent to an activating group) is 1. The van der Waals surface area contributed by atoms with Crippen molar-refractivity contribution in [3.63, 3.8) is 0 Å². The highest BCUT2D eigenvalue weighted by Crippen LogP contribution is 2.26. The van der Waals surface area contributed by atoms with Gasteiger partial charge in [0.15, 0.2) is 5.65 Å². The summed E-state index contributed by atoms with van der Waals surface area (Å²) in [6.07, 6.45) is 2.93. The summed E-state index contributed by atoms with van der Waals surface area (Å²) in [6, 6.07) is 17.4. The van der Waals surface area contributed by atoms with E-state index in [4.69, 9.17) is 0 Å². The Bertz CT molecular complexity index is 1830. The van der Waals surface area contributed by atoms with Crippen molar-refractivity contribution in [3.05, 3.63) is 99.5 Å². The van der Waals surface area contributed by atoms with Crippen molar-refractivity contribution < 1.29 is 5.11 Å². The highest BCUT2D eigenvalue weighted by molar-refractivity contribution is 5.77. The first-order chi connectivity index (χ1) is 19.4. The van der Waals surface area contributed by atoms with E-state index in [1.165, 1.54) is 28.6 Å². The van der Waals surface area contributed by atoms with E-state index < -0.39 is 11.2 Å². The highest BCUT2D eigenvalue weighted by Gasteiger charge is 2.21.